The van der Waals surface area contributed by atoms with Crippen LogP contribution in [0.15, 0.2) is 97.1 Å². The third kappa shape index (κ3) is 5.58. The first-order valence-corrected chi connectivity index (χ1v) is 16.6. The fraction of sp³-hybridized carbons (Fsp3) is 0.282. The van der Waals surface area contributed by atoms with E-state index in [9.17, 15) is 0 Å². The molecule has 0 aliphatic heterocycles. The normalized spacial score (nSPS) is 17.9. The molecule has 0 amide bonds. The van der Waals surface area contributed by atoms with Gasteiger partial charge >= 0.3 is 257 Å². The number of rotatable bonds is 3. The summed E-state index contributed by atoms with van der Waals surface area (Å²) < 4.78 is 0.458. The zero-order valence-corrected chi connectivity index (χ0v) is 30.8. The molecule has 6 rings (SSSR count). The van der Waals surface area contributed by atoms with Crippen LogP contribution in [-0.4, -0.2) is 0 Å². The maximum absolute atomic E-state index is 2.51. The van der Waals surface area contributed by atoms with Crippen LogP contribution in [0.3, 0.4) is 0 Å². The Bertz CT molecular complexity index is 1650. The average molecular weight is 757 g/mol. The first kappa shape index (κ1) is 32.7. The van der Waals surface area contributed by atoms with Gasteiger partial charge in [0, 0.05) is 0 Å². The molecule has 0 spiro atoms. The topological polar surface area (TPSA) is 0 Å². The molecule has 0 aromatic heterocycles. The van der Waals surface area contributed by atoms with Gasteiger partial charge in [-0.2, -0.15) is 0 Å². The van der Waals surface area contributed by atoms with E-state index in [0.29, 0.717) is 3.67 Å². The van der Waals surface area contributed by atoms with Gasteiger partial charge in [0.25, 0.3) is 0 Å². The zero-order valence-electron chi connectivity index (χ0n) is 25.6. The van der Waals surface area contributed by atoms with Crippen molar-refractivity contribution in [3.05, 3.63) is 142 Å². The van der Waals surface area contributed by atoms with Gasteiger partial charge in [-0.3, -0.25) is 0 Å². The van der Waals surface area contributed by atoms with E-state index < -0.39 is 0 Å². The van der Waals surface area contributed by atoms with Crippen molar-refractivity contribution in [1.29, 1.82) is 0 Å². The standard InChI is InChI=1S/C39H39.2ClH.Hf/c1-25-31-18-13-14-20-33(31)37(35(25)26-15-9-8-10-16-26)36-32-19-12-11-17-27(32)23-34(36)28-21-29(38(2,3)4)24-30(22-28)39(5,6)7;;;/h8-24,37H,1-7H3;2*1H;/q;;;+2/p-2. The second kappa shape index (κ2) is 12.1. The van der Waals surface area contributed by atoms with E-state index in [0.717, 1.165) is 24.4 Å². The Balaban J connectivity index is 0.00000202. The molecule has 0 heterocycles. The van der Waals surface area contributed by atoms with Crippen LogP contribution in [0.1, 0.15) is 103 Å². The number of halogens is 2. The van der Waals surface area contributed by atoms with Gasteiger partial charge in [-0.15, -0.1) is 0 Å². The molecule has 4 aromatic carbocycles. The Morgan fingerprint density at radius 1 is 0.524 bits per heavy atom. The molecule has 0 saturated carbocycles. The fourth-order valence-corrected chi connectivity index (χ4v) is 8.70. The van der Waals surface area contributed by atoms with Crippen LogP contribution >= 0.6 is 0 Å². The molecule has 0 saturated heterocycles. The van der Waals surface area contributed by atoms with Crippen molar-refractivity contribution in [2.24, 2.45) is 0 Å². The summed E-state index contributed by atoms with van der Waals surface area (Å²) in [5.74, 6) is 0.213. The van der Waals surface area contributed by atoms with Crippen molar-refractivity contribution in [2.45, 2.75) is 68.9 Å². The molecule has 42 heavy (non-hydrogen) atoms. The van der Waals surface area contributed by atoms with Crippen LogP contribution < -0.4 is 24.8 Å². The predicted molar refractivity (Wildman–Crippen MR) is 168 cm³/mol. The molecule has 2 unspecified atom stereocenters. The number of hydrogen-bond donors (Lipinski definition) is 0. The van der Waals surface area contributed by atoms with Crippen LogP contribution in [0.2, 0.25) is 0 Å². The van der Waals surface area contributed by atoms with Gasteiger partial charge in [-0.1, -0.05) is 0 Å². The van der Waals surface area contributed by atoms with Crippen molar-refractivity contribution in [3.8, 4) is 0 Å². The third-order valence-corrected chi connectivity index (χ3v) is 11.0. The van der Waals surface area contributed by atoms with Gasteiger partial charge in [0.15, 0.2) is 0 Å². The van der Waals surface area contributed by atoms with Crippen LogP contribution in [-0.2, 0) is 35.2 Å². The monoisotopic (exact) mass is 757 g/mol. The molecule has 4 aromatic rings. The maximum Gasteiger partial charge on any atom is -1.00 e. The van der Waals surface area contributed by atoms with Gasteiger partial charge in [-0.05, 0) is 0 Å². The molecule has 2 aliphatic rings. The Kier molecular flexibility index (Phi) is 9.40. The average Bonchev–Trinajstić information content (AvgIpc) is 3.38. The van der Waals surface area contributed by atoms with Gasteiger partial charge in [0.2, 0.25) is 0 Å². The molecule has 0 bridgehead atoms. The summed E-state index contributed by atoms with van der Waals surface area (Å²) in [6.45, 7) is 16.4. The number of fused-ring (bicyclic) bond motifs is 2. The SMILES string of the molecule is CC1=C(c2ccccc2)C(C2=C(c3cc(C(C)(C)C)cc(C(C)(C)C)c3)[CH]([Hf+2])c3ccccc32)c2ccccc21.[Cl-].[Cl-]. The van der Waals surface area contributed by atoms with Crippen molar-refractivity contribution < 1.29 is 49.2 Å². The van der Waals surface area contributed by atoms with Gasteiger partial charge in [0.05, 0.1) is 0 Å². The summed E-state index contributed by atoms with van der Waals surface area (Å²) in [7, 11) is 0. The minimum Gasteiger partial charge on any atom is -1.00 e. The summed E-state index contributed by atoms with van der Waals surface area (Å²) in [5.41, 5.74) is 17.5. The second-order valence-electron chi connectivity index (χ2n) is 13.6. The first-order valence-electron chi connectivity index (χ1n) is 14.5. The predicted octanol–water partition coefficient (Wildman–Crippen LogP) is 4.53. The van der Waals surface area contributed by atoms with Crippen molar-refractivity contribution in [1.82, 2.24) is 0 Å². The Morgan fingerprint density at radius 3 is 1.60 bits per heavy atom. The van der Waals surface area contributed by atoms with E-state index in [2.05, 4.69) is 146 Å². The van der Waals surface area contributed by atoms with E-state index in [-0.39, 0.29) is 41.6 Å². The van der Waals surface area contributed by atoms with E-state index in [1.165, 1.54) is 61.2 Å². The van der Waals surface area contributed by atoms with E-state index in [1.807, 2.05) is 0 Å². The molecular weight excluding hydrogens is 718 g/mol. The Morgan fingerprint density at radius 2 is 1.02 bits per heavy atom. The summed E-state index contributed by atoms with van der Waals surface area (Å²) in [4.78, 5) is 0. The molecular formula is C39H39Cl2Hf. The summed E-state index contributed by atoms with van der Waals surface area (Å²) in [5, 5.41) is 0. The Labute approximate surface area is 280 Å². The van der Waals surface area contributed by atoms with Crippen molar-refractivity contribution in [3.63, 3.8) is 0 Å². The van der Waals surface area contributed by atoms with Crippen molar-refractivity contribution in [2.75, 3.05) is 0 Å². The van der Waals surface area contributed by atoms with Gasteiger partial charge < -0.3 is 24.8 Å². The number of allylic oxidation sites excluding steroid dienone is 4. The van der Waals surface area contributed by atoms with E-state index >= 15 is 0 Å². The number of benzene rings is 4. The van der Waals surface area contributed by atoms with E-state index in [1.54, 1.807) is 5.57 Å². The quantitative estimate of drug-likeness (QED) is 0.270. The first-order chi connectivity index (χ1) is 19.0. The minimum absolute atomic E-state index is 0. The summed E-state index contributed by atoms with van der Waals surface area (Å²) in [6, 6.07) is 37.0. The van der Waals surface area contributed by atoms with Crippen LogP contribution in [0.5, 0.6) is 0 Å². The van der Waals surface area contributed by atoms with Crippen LogP contribution in [0.4, 0.5) is 0 Å². The number of hydrogen-bond acceptors (Lipinski definition) is 0. The van der Waals surface area contributed by atoms with Crippen molar-refractivity contribution >= 4 is 22.3 Å². The summed E-state index contributed by atoms with van der Waals surface area (Å²) in [6.07, 6.45) is 0. The molecule has 213 valence electrons. The molecule has 0 nitrogen and oxygen atoms in total. The van der Waals surface area contributed by atoms with Gasteiger partial charge in [0.1, 0.15) is 0 Å². The van der Waals surface area contributed by atoms with Crippen LogP contribution in [0, 0.1) is 0 Å². The molecule has 2 atom stereocenters. The fourth-order valence-electron chi connectivity index (χ4n) is 6.64. The largest absolute Gasteiger partial charge is 1.00 e. The van der Waals surface area contributed by atoms with E-state index in [4.69, 9.17) is 0 Å². The third-order valence-electron chi connectivity index (χ3n) is 8.86. The second-order valence-corrected chi connectivity index (χ2v) is 15.6. The minimum atomic E-state index is 0. The van der Waals surface area contributed by atoms with Gasteiger partial charge in [-0.25, -0.2) is 0 Å². The maximum atomic E-state index is 2.51. The Hall–Kier alpha value is -2.19. The molecule has 0 N–H and O–H groups in total. The molecule has 0 fully saturated rings. The smallest absolute Gasteiger partial charge is 1.00 e. The molecule has 2 aliphatic carbocycles. The van der Waals surface area contributed by atoms with Crippen LogP contribution in [0.25, 0.3) is 22.3 Å². The molecule has 0 radical (unpaired) electrons. The zero-order chi connectivity index (χ0) is 28.4. The molecule has 3 heteroatoms. The summed E-state index contributed by atoms with van der Waals surface area (Å²) >= 11 is 1.07.